The van der Waals surface area contributed by atoms with E-state index in [0.717, 1.165) is 0 Å². The summed E-state index contributed by atoms with van der Waals surface area (Å²) in [6.07, 6.45) is 3.08. The third-order valence-corrected chi connectivity index (χ3v) is 1.94. The highest BCUT2D eigenvalue weighted by molar-refractivity contribution is 5.93. The van der Waals surface area contributed by atoms with Crippen LogP contribution in [0.5, 0.6) is 0 Å². The largest absolute Gasteiger partial charge is 0.464 e. The fourth-order valence-corrected chi connectivity index (χ4v) is 1.25. The standard InChI is InChI=1S/C10H9N3O2/c1-15-10(14)9-8(12-6-13-9)7-4-2-3-5-11-7/h2-6H,1H3,(H,12,13). The smallest absolute Gasteiger partial charge is 0.356 e. The van der Waals surface area contributed by atoms with Gasteiger partial charge < -0.3 is 9.72 Å². The van der Waals surface area contributed by atoms with E-state index < -0.39 is 5.97 Å². The number of hydrogen-bond acceptors (Lipinski definition) is 4. The molecule has 2 aromatic rings. The van der Waals surface area contributed by atoms with Crippen LogP contribution in [-0.4, -0.2) is 28.0 Å². The molecule has 2 rings (SSSR count). The maximum absolute atomic E-state index is 11.3. The molecule has 0 saturated heterocycles. The summed E-state index contributed by atoms with van der Waals surface area (Å²) in [5.41, 5.74) is 1.46. The maximum Gasteiger partial charge on any atom is 0.356 e. The molecule has 0 spiro atoms. The Labute approximate surface area is 86.1 Å². The molecular formula is C10H9N3O2. The lowest BCUT2D eigenvalue weighted by Crippen LogP contribution is -2.03. The van der Waals surface area contributed by atoms with Crippen molar-refractivity contribution in [2.75, 3.05) is 7.11 Å². The van der Waals surface area contributed by atoms with Crippen molar-refractivity contribution in [3.8, 4) is 11.4 Å². The zero-order valence-corrected chi connectivity index (χ0v) is 8.10. The van der Waals surface area contributed by atoms with Crippen LogP contribution in [0.2, 0.25) is 0 Å². The monoisotopic (exact) mass is 203 g/mol. The molecule has 15 heavy (non-hydrogen) atoms. The summed E-state index contributed by atoms with van der Waals surface area (Å²) in [4.78, 5) is 22.2. The Kier molecular flexibility index (Phi) is 2.45. The average molecular weight is 203 g/mol. The Balaban J connectivity index is 2.46. The number of ether oxygens (including phenoxy) is 1. The van der Waals surface area contributed by atoms with E-state index in [-0.39, 0.29) is 0 Å². The number of H-pyrrole nitrogens is 1. The molecule has 0 aliphatic carbocycles. The lowest BCUT2D eigenvalue weighted by molar-refractivity contribution is 0.0595. The second-order valence-electron chi connectivity index (χ2n) is 2.83. The Bertz CT molecular complexity index is 465. The molecule has 0 unspecified atom stereocenters. The van der Waals surface area contributed by atoms with Gasteiger partial charge in [0.25, 0.3) is 0 Å². The summed E-state index contributed by atoms with van der Waals surface area (Å²) in [6, 6.07) is 5.41. The van der Waals surface area contributed by atoms with Gasteiger partial charge in [0.15, 0.2) is 5.69 Å². The summed E-state index contributed by atoms with van der Waals surface area (Å²) in [6.45, 7) is 0. The summed E-state index contributed by atoms with van der Waals surface area (Å²) in [7, 11) is 1.32. The number of methoxy groups -OCH3 is 1. The van der Waals surface area contributed by atoms with Gasteiger partial charge in [-0.15, -0.1) is 0 Å². The molecule has 0 bridgehead atoms. The van der Waals surface area contributed by atoms with Gasteiger partial charge in [0, 0.05) is 6.20 Å². The molecule has 0 amide bonds. The molecule has 0 atom stereocenters. The van der Waals surface area contributed by atoms with Crippen molar-refractivity contribution in [1.82, 2.24) is 15.0 Å². The van der Waals surface area contributed by atoms with Gasteiger partial charge in [0.1, 0.15) is 5.69 Å². The van der Waals surface area contributed by atoms with Crippen molar-refractivity contribution in [3.05, 3.63) is 36.4 Å². The number of hydrogen-bond donors (Lipinski definition) is 1. The van der Waals surface area contributed by atoms with E-state index in [2.05, 4.69) is 19.7 Å². The Morgan fingerprint density at radius 1 is 1.40 bits per heavy atom. The maximum atomic E-state index is 11.3. The zero-order valence-electron chi connectivity index (χ0n) is 8.10. The molecule has 76 valence electrons. The summed E-state index contributed by atoms with van der Waals surface area (Å²) < 4.78 is 4.62. The van der Waals surface area contributed by atoms with Gasteiger partial charge in [0.2, 0.25) is 0 Å². The van der Waals surface area contributed by atoms with Crippen molar-refractivity contribution in [3.63, 3.8) is 0 Å². The van der Waals surface area contributed by atoms with E-state index in [1.54, 1.807) is 18.3 Å². The van der Waals surface area contributed by atoms with E-state index in [4.69, 9.17) is 0 Å². The van der Waals surface area contributed by atoms with Crippen molar-refractivity contribution < 1.29 is 9.53 Å². The number of carbonyl (C=O) groups is 1. The van der Waals surface area contributed by atoms with Crippen molar-refractivity contribution >= 4 is 5.97 Å². The molecule has 2 aromatic heterocycles. The second kappa shape index (κ2) is 3.91. The normalized spacial score (nSPS) is 9.93. The number of esters is 1. The highest BCUT2D eigenvalue weighted by Crippen LogP contribution is 2.17. The molecule has 2 heterocycles. The first-order valence-electron chi connectivity index (χ1n) is 4.36. The molecule has 0 radical (unpaired) electrons. The first-order valence-corrected chi connectivity index (χ1v) is 4.36. The fraction of sp³-hybridized carbons (Fsp3) is 0.100. The van der Waals surface area contributed by atoms with Gasteiger partial charge in [-0.25, -0.2) is 9.78 Å². The highest BCUT2D eigenvalue weighted by atomic mass is 16.5. The Hall–Kier alpha value is -2.17. The highest BCUT2D eigenvalue weighted by Gasteiger charge is 2.16. The lowest BCUT2D eigenvalue weighted by atomic mass is 10.2. The lowest BCUT2D eigenvalue weighted by Gasteiger charge is -1.99. The number of imidazole rings is 1. The number of nitrogens with one attached hydrogen (secondary N) is 1. The summed E-state index contributed by atoms with van der Waals surface area (Å²) in [5.74, 6) is -0.451. The average Bonchev–Trinajstić information content (AvgIpc) is 2.78. The van der Waals surface area contributed by atoms with Crippen LogP contribution < -0.4 is 0 Å². The summed E-state index contributed by atoms with van der Waals surface area (Å²) >= 11 is 0. The first kappa shape index (κ1) is 9.39. The van der Waals surface area contributed by atoms with E-state index in [1.165, 1.54) is 13.4 Å². The Morgan fingerprint density at radius 2 is 2.27 bits per heavy atom. The number of pyridine rings is 1. The molecule has 0 fully saturated rings. The quantitative estimate of drug-likeness (QED) is 0.746. The van der Waals surface area contributed by atoms with Crippen LogP contribution in [0.1, 0.15) is 10.5 Å². The van der Waals surface area contributed by atoms with Crippen LogP contribution in [0.25, 0.3) is 11.4 Å². The SMILES string of the molecule is COC(=O)c1[nH]cnc1-c1ccccn1. The minimum absolute atomic E-state index is 0.316. The van der Waals surface area contributed by atoms with Gasteiger partial charge in [0.05, 0.1) is 19.1 Å². The van der Waals surface area contributed by atoms with E-state index >= 15 is 0 Å². The van der Waals surface area contributed by atoms with Gasteiger partial charge in [-0.2, -0.15) is 0 Å². The van der Waals surface area contributed by atoms with Crippen molar-refractivity contribution in [1.29, 1.82) is 0 Å². The zero-order chi connectivity index (χ0) is 10.7. The molecule has 5 nitrogen and oxygen atoms in total. The predicted molar refractivity (Wildman–Crippen MR) is 53.2 cm³/mol. The number of aromatic nitrogens is 3. The summed E-state index contributed by atoms with van der Waals surface area (Å²) in [5, 5.41) is 0. The van der Waals surface area contributed by atoms with Crippen LogP contribution in [0.4, 0.5) is 0 Å². The molecular weight excluding hydrogens is 194 g/mol. The molecule has 0 saturated carbocycles. The molecule has 1 N–H and O–H groups in total. The Morgan fingerprint density at radius 3 is 2.93 bits per heavy atom. The third-order valence-electron chi connectivity index (χ3n) is 1.94. The minimum Gasteiger partial charge on any atom is -0.464 e. The molecule has 0 aliphatic heterocycles. The number of carbonyl (C=O) groups excluding carboxylic acids is 1. The van der Waals surface area contributed by atoms with Gasteiger partial charge in [-0.1, -0.05) is 6.07 Å². The first-order chi connectivity index (χ1) is 7.33. The van der Waals surface area contributed by atoms with Crippen molar-refractivity contribution in [2.24, 2.45) is 0 Å². The molecule has 0 aromatic carbocycles. The van der Waals surface area contributed by atoms with E-state index in [1.807, 2.05) is 6.07 Å². The topological polar surface area (TPSA) is 67.9 Å². The third kappa shape index (κ3) is 1.71. The minimum atomic E-state index is -0.451. The van der Waals surface area contributed by atoms with Crippen LogP contribution in [-0.2, 0) is 4.74 Å². The predicted octanol–water partition coefficient (Wildman–Crippen LogP) is 1.26. The van der Waals surface area contributed by atoms with E-state index in [9.17, 15) is 4.79 Å². The second-order valence-corrected chi connectivity index (χ2v) is 2.83. The van der Waals surface area contributed by atoms with Crippen molar-refractivity contribution in [2.45, 2.75) is 0 Å². The number of rotatable bonds is 2. The van der Waals surface area contributed by atoms with E-state index in [0.29, 0.717) is 17.1 Å². The van der Waals surface area contributed by atoms with Gasteiger partial charge in [-0.3, -0.25) is 4.98 Å². The molecule has 0 aliphatic rings. The van der Waals surface area contributed by atoms with Gasteiger partial charge >= 0.3 is 5.97 Å². The van der Waals surface area contributed by atoms with Crippen LogP contribution in [0.3, 0.4) is 0 Å². The molecule has 5 heteroatoms. The number of nitrogens with zero attached hydrogens (tertiary/aromatic N) is 2. The fourth-order valence-electron chi connectivity index (χ4n) is 1.25. The number of aromatic amines is 1. The van der Waals surface area contributed by atoms with Crippen LogP contribution in [0.15, 0.2) is 30.7 Å². The van der Waals surface area contributed by atoms with Crippen LogP contribution >= 0.6 is 0 Å². The van der Waals surface area contributed by atoms with Gasteiger partial charge in [-0.05, 0) is 12.1 Å². The van der Waals surface area contributed by atoms with Crippen LogP contribution in [0, 0.1) is 0 Å².